The molecule has 4 nitrogen and oxygen atoms in total. The third kappa shape index (κ3) is 4.23. The predicted octanol–water partition coefficient (Wildman–Crippen LogP) is 3.60. The first-order valence-corrected chi connectivity index (χ1v) is 8.63. The highest BCUT2D eigenvalue weighted by Crippen LogP contribution is 2.25. The zero-order valence-electron chi connectivity index (χ0n) is 14.0. The maximum atomic E-state index is 13.0. The van der Waals surface area contributed by atoms with Gasteiger partial charge in [-0.15, -0.1) is 0 Å². The fourth-order valence-corrected chi connectivity index (χ4v) is 3.06. The van der Waals surface area contributed by atoms with Gasteiger partial charge in [-0.1, -0.05) is 23.7 Å². The number of rotatable bonds is 4. The maximum absolute atomic E-state index is 13.0. The smallest absolute Gasteiger partial charge is 0.263 e. The summed E-state index contributed by atoms with van der Waals surface area (Å²) in [5, 5.41) is 0.489. The van der Waals surface area contributed by atoms with Crippen molar-refractivity contribution in [1.29, 1.82) is 0 Å². The molecule has 2 aromatic rings. The number of amides is 1. The number of hydrogen-bond acceptors (Lipinski definition) is 3. The highest BCUT2D eigenvalue weighted by Gasteiger charge is 2.26. The van der Waals surface area contributed by atoms with E-state index in [4.69, 9.17) is 16.3 Å². The lowest BCUT2D eigenvalue weighted by Gasteiger charge is -2.37. The van der Waals surface area contributed by atoms with Crippen molar-refractivity contribution in [2.45, 2.75) is 13.0 Å². The summed E-state index contributed by atoms with van der Waals surface area (Å²) in [6.45, 7) is 4.35. The van der Waals surface area contributed by atoms with Crippen molar-refractivity contribution in [3.8, 4) is 5.75 Å². The Morgan fingerprint density at radius 1 is 1.08 bits per heavy atom. The zero-order valence-corrected chi connectivity index (χ0v) is 14.7. The fraction of sp³-hybridized carbons (Fsp3) is 0.316. The standard InChI is InChI=1S/C19H20ClFN2O2/c1-14(25-18-5-3-2-4-17(18)20)19(24)23-12-10-22(11-13-23)16-8-6-15(21)7-9-16/h2-9,14H,10-13H2,1H3. The maximum Gasteiger partial charge on any atom is 0.263 e. The van der Waals surface area contributed by atoms with Gasteiger partial charge < -0.3 is 14.5 Å². The van der Waals surface area contributed by atoms with Gasteiger partial charge in [0.15, 0.2) is 6.10 Å². The first kappa shape index (κ1) is 17.5. The third-order valence-electron chi connectivity index (χ3n) is 4.27. The molecule has 1 amide bonds. The highest BCUT2D eigenvalue weighted by atomic mass is 35.5. The number of anilines is 1. The molecule has 0 bridgehead atoms. The van der Waals surface area contributed by atoms with Gasteiger partial charge in [-0.3, -0.25) is 4.79 Å². The second kappa shape index (κ2) is 7.74. The molecular formula is C19H20ClFN2O2. The van der Waals surface area contributed by atoms with E-state index in [1.807, 2.05) is 12.1 Å². The Hall–Kier alpha value is -2.27. The topological polar surface area (TPSA) is 32.8 Å². The molecule has 0 radical (unpaired) electrons. The summed E-state index contributed by atoms with van der Waals surface area (Å²) in [7, 11) is 0. The Labute approximate surface area is 151 Å². The Bertz CT molecular complexity index is 730. The zero-order chi connectivity index (χ0) is 17.8. The minimum Gasteiger partial charge on any atom is -0.479 e. The van der Waals surface area contributed by atoms with Crippen LogP contribution < -0.4 is 9.64 Å². The lowest BCUT2D eigenvalue weighted by atomic mass is 10.2. The van der Waals surface area contributed by atoms with Gasteiger partial charge in [-0.2, -0.15) is 0 Å². The van der Waals surface area contributed by atoms with Gasteiger partial charge >= 0.3 is 0 Å². The van der Waals surface area contributed by atoms with Crippen LogP contribution in [0, 0.1) is 5.82 Å². The number of halogens is 2. The van der Waals surface area contributed by atoms with Crippen LogP contribution in [-0.4, -0.2) is 43.1 Å². The molecule has 0 aliphatic carbocycles. The van der Waals surface area contributed by atoms with Crippen LogP contribution in [0.4, 0.5) is 10.1 Å². The molecule has 25 heavy (non-hydrogen) atoms. The number of nitrogens with zero attached hydrogens (tertiary/aromatic N) is 2. The minimum absolute atomic E-state index is 0.0568. The molecule has 1 fully saturated rings. The fourth-order valence-electron chi connectivity index (χ4n) is 2.88. The molecule has 2 aromatic carbocycles. The number of hydrogen-bond donors (Lipinski definition) is 0. The van der Waals surface area contributed by atoms with E-state index in [0.29, 0.717) is 37.0 Å². The Morgan fingerprint density at radius 2 is 1.72 bits per heavy atom. The van der Waals surface area contributed by atoms with Crippen LogP contribution in [0.5, 0.6) is 5.75 Å². The SMILES string of the molecule is CC(Oc1ccccc1Cl)C(=O)N1CCN(c2ccc(F)cc2)CC1. The van der Waals surface area contributed by atoms with Crippen molar-refractivity contribution in [3.05, 3.63) is 59.4 Å². The number of carbonyl (C=O) groups excluding carboxylic acids is 1. The summed E-state index contributed by atoms with van der Waals surface area (Å²) in [4.78, 5) is 16.5. The second-order valence-corrected chi connectivity index (χ2v) is 6.39. The van der Waals surface area contributed by atoms with Gasteiger partial charge in [0.1, 0.15) is 11.6 Å². The summed E-state index contributed by atoms with van der Waals surface area (Å²) in [6, 6.07) is 13.5. The first-order valence-electron chi connectivity index (χ1n) is 8.25. The molecule has 0 spiro atoms. The Morgan fingerprint density at radius 3 is 2.36 bits per heavy atom. The molecule has 3 rings (SSSR count). The van der Waals surface area contributed by atoms with E-state index in [9.17, 15) is 9.18 Å². The van der Waals surface area contributed by atoms with Crippen molar-refractivity contribution in [1.82, 2.24) is 4.90 Å². The third-order valence-corrected chi connectivity index (χ3v) is 4.58. The molecule has 1 unspecified atom stereocenters. The van der Waals surface area contributed by atoms with Crippen LogP contribution in [-0.2, 0) is 4.79 Å². The Balaban J connectivity index is 1.56. The van der Waals surface area contributed by atoms with E-state index < -0.39 is 6.10 Å². The van der Waals surface area contributed by atoms with Crippen molar-refractivity contribution in [2.75, 3.05) is 31.1 Å². The lowest BCUT2D eigenvalue weighted by molar-refractivity contribution is -0.138. The molecular weight excluding hydrogens is 343 g/mol. The second-order valence-electron chi connectivity index (χ2n) is 5.98. The first-order chi connectivity index (χ1) is 12.0. The molecule has 1 aliphatic heterocycles. The summed E-state index contributed by atoms with van der Waals surface area (Å²) in [6.07, 6.45) is -0.600. The number of benzene rings is 2. The summed E-state index contributed by atoms with van der Waals surface area (Å²) < 4.78 is 18.7. The van der Waals surface area contributed by atoms with E-state index in [1.54, 1.807) is 36.1 Å². The van der Waals surface area contributed by atoms with Crippen LogP contribution in [0.1, 0.15) is 6.92 Å². The summed E-state index contributed by atoms with van der Waals surface area (Å²) in [5.41, 5.74) is 0.967. The van der Waals surface area contributed by atoms with E-state index in [2.05, 4.69) is 4.90 Å². The quantitative estimate of drug-likeness (QED) is 0.833. The number of carbonyl (C=O) groups is 1. The summed E-state index contributed by atoms with van der Waals surface area (Å²) >= 11 is 6.07. The number of ether oxygens (including phenoxy) is 1. The lowest BCUT2D eigenvalue weighted by Crippen LogP contribution is -2.52. The van der Waals surface area contributed by atoms with Crippen LogP contribution in [0.3, 0.4) is 0 Å². The largest absolute Gasteiger partial charge is 0.479 e. The monoisotopic (exact) mass is 362 g/mol. The molecule has 0 N–H and O–H groups in total. The number of piperazine rings is 1. The van der Waals surface area contributed by atoms with Gasteiger partial charge in [0.05, 0.1) is 5.02 Å². The predicted molar refractivity (Wildman–Crippen MR) is 96.7 cm³/mol. The van der Waals surface area contributed by atoms with Crippen LogP contribution in [0.15, 0.2) is 48.5 Å². The average molecular weight is 363 g/mol. The molecule has 1 heterocycles. The molecule has 1 aliphatic rings. The van der Waals surface area contributed by atoms with Gasteiger partial charge in [0.2, 0.25) is 0 Å². The van der Waals surface area contributed by atoms with E-state index >= 15 is 0 Å². The van der Waals surface area contributed by atoms with Gasteiger partial charge in [-0.05, 0) is 43.3 Å². The van der Waals surface area contributed by atoms with Crippen molar-refractivity contribution in [2.24, 2.45) is 0 Å². The van der Waals surface area contributed by atoms with E-state index in [0.717, 1.165) is 5.69 Å². The molecule has 6 heteroatoms. The molecule has 0 saturated carbocycles. The minimum atomic E-state index is -0.600. The van der Waals surface area contributed by atoms with Crippen LogP contribution in [0.25, 0.3) is 0 Å². The van der Waals surface area contributed by atoms with E-state index in [1.165, 1.54) is 12.1 Å². The van der Waals surface area contributed by atoms with Gasteiger partial charge in [0, 0.05) is 31.9 Å². The molecule has 132 valence electrons. The van der Waals surface area contributed by atoms with Gasteiger partial charge in [-0.25, -0.2) is 4.39 Å². The molecule has 1 saturated heterocycles. The van der Waals surface area contributed by atoms with Crippen LogP contribution >= 0.6 is 11.6 Å². The van der Waals surface area contributed by atoms with E-state index in [-0.39, 0.29) is 11.7 Å². The van der Waals surface area contributed by atoms with Crippen molar-refractivity contribution >= 4 is 23.2 Å². The Kier molecular flexibility index (Phi) is 5.43. The van der Waals surface area contributed by atoms with Gasteiger partial charge in [0.25, 0.3) is 5.91 Å². The normalized spacial score (nSPS) is 15.8. The van der Waals surface area contributed by atoms with Crippen molar-refractivity contribution < 1.29 is 13.9 Å². The van der Waals surface area contributed by atoms with Crippen LogP contribution in [0.2, 0.25) is 5.02 Å². The average Bonchev–Trinajstić information content (AvgIpc) is 2.64. The summed E-state index contributed by atoms with van der Waals surface area (Å²) in [5.74, 6) is 0.205. The molecule has 0 aromatic heterocycles. The highest BCUT2D eigenvalue weighted by molar-refractivity contribution is 6.32. The number of para-hydroxylation sites is 1. The van der Waals surface area contributed by atoms with Crippen molar-refractivity contribution in [3.63, 3.8) is 0 Å². The molecule has 1 atom stereocenters.